The number of hydrogen-bond acceptors (Lipinski definition) is 4. The SMILES string of the molecule is COC(=O)CCCN1C[C@@H](c2ccccc2)OC[C@@H]1C. The molecule has 0 saturated carbocycles. The summed E-state index contributed by atoms with van der Waals surface area (Å²) in [5, 5.41) is 0. The standard InChI is InChI=1S/C16H23NO3/c1-13-12-20-15(14-7-4-3-5-8-14)11-17(13)10-6-9-16(18)19-2/h3-5,7-8,13,15H,6,9-12H2,1-2H3/t13-,15-/m0/s1. The highest BCUT2D eigenvalue weighted by molar-refractivity contribution is 5.69. The predicted octanol–water partition coefficient (Wildman–Crippen LogP) is 2.40. The van der Waals surface area contributed by atoms with Crippen molar-refractivity contribution < 1.29 is 14.3 Å². The van der Waals surface area contributed by atoms with E-state index in [4.69, 9.17) is 4.74 Å². The Morgan fingerprint density at radius 2 is 2.15 bits per heavy atom. The number of rotatable bonds is 5. The average molecular weight is 277 g/mol. The predicted molar refractivity (Wildman–Crippen MR) is 77.4 cm³/mol. The molecule has 1 fully saturated rings. The van der Waals surface area contributed by atoms with Crippen LogP contribution in [0.15, 0.2) is 30.3 Å². The van der Waals surface area contributed by atoms with E-state index in [0.29, 0.717) is 12.5 Å². The molecule has 0 radical (unpaired) electrons. The minimum absolute atomic E-state index is 0.130. The Balaban J connectivity index is 1.87. The zero-order valence-corrected chi connectivity index (χ0v) is 12.2. The molecule has 1 saturated heterocycles. The third-order valence-corrected chi connectivity index (χ3v) is 3.79. The lowest BCUT2D eigenvalue weighted by molar-refractivity contribution is -0.140. The van der Waals surface area contributed by atoms with Gasteiger partial charge in [0, 0.05) is 19.0 Å². The van der Waals surface area contributed by atoms with Gasteiger partial charge in [0.2, 0.25) is 0 Å². The maximum atomic E-state index is 11.2. The number of carbonyl (C=O) groups is 1. The fourth-order valence-corrected chi connectivity index (χ4v) is 2.52. The van der Waals surface area contributed by atoms with E-state index >= 15 is 0 Å². The maximum Gasteiger partial charge on any atom is 0.305 e. The highest BCUT2D eigenvalue weighted by Gasteiger charge is 2.26. The minimum atomic E-state index is -0.134. The molecule has 0 N–H and O–H groups in total. The van der Waals surface area contributed by atoms with Crippen LogP contribution in [0.2, 0.25) is 0 Å². The molecule has 4 nitrogen and oxygen atoms in total. The lowest BCUT2D eigenvalue weighted by atomic mass is 10.1. The van der Waals surface area contributed by atoms with E-state index in [1.807, 2.05) is 18.2 Å². The molecule has 1 heterocycles. The number of methoxy groups -OCH3 is 1. The van der Waals surface area contributed by atoms with Crippen molar-refractivity contribution in [1.29, 1.82) is 0 Å². The second-order valence-corrected chi connectivity index (χ2v) is 5.26. The van der Waals surface area contributed by atoms with E-state index in [9.17, 15) is 4.79 Å². The number of benzene rings is 1. The number of esters is 1. The van der Waals surface area contributed by atoms with Crippen molar-refractivity contribution in [2.75, 3.05) is 26.8 Å². The fraction of sp³-hybridized carbons (Fsp3) is 0.562. The topological polar surface area (TPSA) is 38.8 Å². The number of morpholine rings is 1. The van der Waals surface area contributed by atoms with Crippen molar-refractivity contribution >= 4 is 5.97 Å². The van der Waals surface area contributed by atoms with Crippen LogP contribution in [0.1, 0.15) is 31.4 Å². The normalized spacial score (nSPS) is 23.5. The molecule has 0 bridgehead atoms. The van der Waals surface area contributed by atoms with Crippen LogP contribution in [0.25, 0.3) is 0 Å². The maximum absolute atomic E-state index is 11.2. The van der Waals surface area contributed by atoms with Crippen LogP contribution < -0.4 is 0 Å². The third-order valence-electron chi connectivity index (χ3n) is 3.79. The first-order valence-corrected chi connectivity index (χ1v) is 7.18. The summed E-state index contributed by atoms with van der Waals surface area (Å²) in [6.07, 6.45) is 1.44. The van der Waals surface area contributed by atoms with E-state index in [1.54, 1.807) is 0 Å². The number of nitrogens with zero attached hydrogens (tertiary/aromatic N) is 1. The monoisotopic (exact) mass is 277 g/mol. The minimum Gasteiger partial charge on any atom is -0.469 e. The molecule has 20 heavy (non-hydrogen) atoms. The van der Waals surface area contributed by atoms with Crippen LogP contribution in [0.5, 0.6) is 0 Å². The van der Waals surface area contributed by atoms with Gasteiger partial charge in [-0.05, 0) is 25.5 Å². The van der Waals surface area contributed by atoms with Gasteiger partial charge in [-0.1, -0.05) is 30.3 Å². The Morgan fingerprint density at radius 3 is 2.85 bits per heavy atom. The molecule has 0 amide bonds. The first-order valence-electron chi connectivity index (χ1n) is 7.18. The quantitative estimate of drug-likeness (QED) is 0.775. The van der Waals surface area contributed by atoms with Gasteiger partial charge < -0.3 is 9.47 Å². The van der Waals surface area contributed by atoms with E-state index < -0.39 is 0 Å². The fourth-order valence-electron chi connectivity index (χ4n) is 2.52. The molecule has 2 atom stereocenters. The Hall–Kier alpha value is -1.39. The molecule has 0 spiro atoms. The second-order valence-electron chi connectivity index (χ2n) is 5.26. The molecule has 1 aromatic rings. The first-order chi connectivity index (χ1) is 9.70. The summed E-state index contributed by atoms with van der Waals surface area (Å²) in [6, 6.07) is 10.7. The first kappa shape index (κ1) is 15.0. The van der Waals surface area contributed by atoms with Crippen molar-refractivity contribution in [2.24, 2.45) is 0 Å². The highest BCUT2D eigenvalue weighted by atomic mass is 16.5. The van der Waals surface area contributed by atoms with Crippen LogP contribution >= 0.6 is 0 Å². The third kappa shape index (κ3) is 4.05. The van der Waals surface area contributed by atoms with E-state index in [-0.39, 0.29) is 12.1 Å². The number of ether oxygens (including phenoxy) is 2. The van der Waals surface area contributed by atoms with Gasteiger partial charge in [-0.3, -0.25) is 9.69 Å². The lowest BCUT2D eigenvalue weighted by Gasteiger charge is -2.38. The summed E-state index contributed by atoms with van der Waals surface area (Å²) >= 11 is 0. The molecule has 1 aliphatic heterocycles. The van der Waals surface area contributed by atoms with Crippen molar-refractivity contribution in [3.8, 4) is 0 Å². The molecule has 0 unspecified atom stereocenters. The zero-order valence-electron chi connectivity index (χ0n) is 12.2. The van der Waals surface area contributed by atoms with Crippen LogP contribution in [0, 0.1) is 0 Å². The van der Waals surface area contributed by atoms with Gasteiger partial charge >= 0.3 is 5.97 Å². The lowest BCUT2D eigenvalue weighted by Crippen LogP contribution is -2.45. The van der Waals surface area contributed by atoms with E-state index in [2.05, 4.69) is 28.7 Å². The molecular weight excluding hydrogens is 254 g/mol. The van der Waals surface area contributed by atoms with Gasteiger partial charge in [-0.15, -0.1) is 0 Å². The Bertz CT molecular complexity index is 421. The smallest absolute Gasteiger partial charge is 0.305 e. The molecular formula is C16H23NO3. The molecule has 0 aliphatic carbocycles. The van der Waals surface area contributed by atoms with Crippen molar-refractivity contribution in [3.63, 3.8) is 0 Å². The van der Waals surface area contributed by atoms with E-state index in [0.717, 1.165) is 26.1 Å². The second kappa shape index (κ2) is 7.41. The Morgan fingerprint density at radius 1 is 1.40 bits per heavy atom. The summed E-state index contributed by atoms with van der Waals surface area (Å²) in [5.74, 6) is -0.134. The molecule has 4 heteroatoms. The average Bonchev–Trinajstić information content (AvgIpc) is 2.49. The molecule has 110 valence electrons. The molecule has 1 aromatic carbocycles. The number of hydrogen-bond donors (Lipinski definition) is 0. The largest absolute Gasteiger partial charge is 0.469 e. The summed E-state index contributed by atoms with van der Waals surface area (Å²) in [7, 11) is 1.44. The van der Waals surface area contributed by atoms with Gasteiger partial charge in [0.05, 0.1) is 19.8 Å². The molecule has 0 aromatic heterocycles. The van der Waals surface area contributed by atoms with Crippen LogP contribution in [0.4, 0.5) is 0 Å². The highest BCUT2D eigenvalue weighted by Crippen LogP contribution is 2.24. The van der Waals surface area contributed by atoms with Crippen molar-refractivity contribution in [1.82, 2.24) is 4.90 Å². The van der Waals surface area contributed by atoms with Gasteiger partial charge in [0.25, 0.3) is 0 Å². The number of carbonyl (C=O) groups excluding carboxylic acids is 1. The van der Waals surface area contributed by atoms with Crippen LogP contribution in [-0.4, -0.2) is 43.7 Å². The van der Waals surface area contributed by atoms with Crippen LogP contribution in [0.3, 0.4) is 0 Å². The van der Waals surface area contributed by atoms with Gasteiger partial charge in [-0.2, -0.15) is 0 Å². The Kier molecular flexibility index (Phi) is 5.56. The zero-order chi connectivity index (χ0) is 14.4. The van der Waals surface area contributed by atoms with Gasteiger partial charge in [0.1, 0.15) is 0 Å². The Labute approximate surface area is 120 Å². The summed E-state index contributed by atoms with van der Waals surface area (Å²) in [5.41, 5.74) is 1.22. The van der Waals surface area contributed by atoms with Gasteiger partial charge in [-0.25, -0.2) is 0 Å². The van der Waals surface area contributed by atoms with Crippen molar-refractivity contribution in [2.45, 2.75) is 31.9 Å². The molecule has 2 rings (SSSR count). The summed E-state index contributed by atoms with van der Waals surface area (Å²) in [6.45, 7) is 4.69. The van der Waals surface area contributed by atoms with Crippen LogP contribution in [-0.2, 0) is 14.3 Å². The molecule has 1 aliphatic rings. The van der Waals surface area contributed by atoms with E-state index in [1.165, 1.54) is 12.7 Å². The summed E-state index contributed by atoms with van der Waals surface area (Å²) in [4.78, 5) is 13.5. The summed E-state index contributed by atoms with van der Waals surface area (Å²) < 4.78 is 10.6. The van der Waals surface area contributed by atoms with Gasteiger partial charge in [0.15, 0.2) is 0 Å². The van der Waals surface area contributed by atoms with Crippen molar-refractivity contribution in [3.05, 3.63) is 35.9 Å².